The molecule has 1 aromatic rings. The Hall–Kier alpha value is -2.05. The minimum Gasteiger partial charge on any atom is -0.481 e. The maximum absolute atomic E-state index is 12.2. The standard InChI is InChI=1S/C27H42ClN3O3/c1-27(2,3)14-11-22-10-9-20(17-24(22)28)7-6-8-21(12-15-30(4)5)23-18-29-26(34)31(19-23)16-13-25(32)33/h9-10,17,19,21H,6-8,11-16,18H2,1-5H3,(H,29,34)(H,32,33). The van der Waals surface area contributed by atoms with E-state index < -0.39 is 5.97 Å². The molecule has 2 rings (SSSR count). The van der Waals surface area contributed by atoms with E-state index in [0.29, 0.717) is 17.9 Å². The Balaban J connectivity index is 2.00. The van der Waals surface area contributed by atoms with Crippen LogP contribution in [0.3, 0.4) is 0 Å². The summed E-state index contributed by atoms with van der Waals surface area (Å²) in [6, 6.07) is 6.26. The first kappa shape index (κ1) is 28.2. The first-order chi connectivity index (χ1) is 15.9. The van der Waals surface area contributed by atoms with Crippen LogP contribution in [0, 0.1) is 11.3 Å². The number of rotatable bonds is 13. The highest BCUT2D eigenvalue weighted by Crippen LogP contribution is 2.28. The molecule has 0 saturated carbocycles. The van der Waals surface area contributed by atoms with Crippen LogP contribution in [-0.4, -0.2) is 60.6 Å². The number of nitrogens with zero attached hydrogens (tertiary/aromatic N) is 2. The maximum Gasteiger partial charge on any atom is 0.321 e. The molecule has 2 amide bonds. The van der Waals surface area contributed by atoms with Crippen LogP contribution >= 0.6 is 11.6 Å². The van der Waals surface area contributed by atoms with Crippen molar-refractivity contribution in [3.63, 3.8) is 0 Å². The number of aryl methyl sites for hydroxylation is 2. The molecule has 1 aliphatic rings. The summed E-state index contributed by atoms with van der Waals surface area (Å²) in [6.45, 7) is 8.42. The summed E-state index contributed by atoms with van der Waals surface area (Å²) in [4.78, 5) is 26.8. The number of nitrogens with one attached hydrogen (secondary N) is 1. The van der Waals surface area contributed by atoms with E-state index >= 15 is 0 Å². The van der Waals surface area contributed by atoms with Crippen molar-refractivity contribution in [1.82, 2.24) is 15.1 Å². The van der Waals surface area contributed by atoms with Gasteiger partial charge in [-0.1, -0.05) is 44.5 Å². The zero-order valence-corrected chi connectivity index (χ0v) is 22.2. The third-order valence-electron chi connectivity index (χ3n) is 6.32. The van der Waals surface area contributed by atoms with Crippen LogP contribution in [0.15, 0.2) is 30.0 Å². The molecule has 1 atom stereocenters. The topological polar surface area (TPSA) is 72.9 Å². The van der Waals surface area contributed by atoms with E-state index in [1.165, 1.54) is 21.6 Å². The Morgan fingerprint density at radius 1 is 1.24 bits per heavy atom. The van der Waals surface area contributed by atoms with Gasteiger partial charge in [-0.25, -0.2) is 4.79 Å². The van der Waals surface area contributed by atoms with Crippen LogP contribution in [0.1, 0.15) is 64.0 Å². The molecule has 2 N–H and O–H groups in total. The summed E-state index contributed by atoms with van der Waals surface area (Å²) in [5.41, 5.74) is 3.93. The molecule has 0 spiro atoms. The van der Waals surface area contributed by atoms with Gasteiger partial charge in [0.2, 0.25) is 0 Å². The molecule has 1 aromatic carbocycles. The van der Waals surface area contributed by atoms with Gasteiger partial charge in [-0.15, -0.1) is 0 Å². The number of carboxylic acid groups (broad SMARTS) is 1. The van der Waals surface area contributed by atoms with E-state index in [1.807, 2.05) is 6.20 Å². The molecule has 6 nitrogen and oxygen atoms in total. The van der Waals surface area contributed by atoms with Crippen LogP contribution < -0.4 is 5.32 Å². The van der Waals surface area contributed by atoms with Gasteiger partial charge in [0, 0.05) is 24.3 Å². The lowest BCUT2D eigenvalue weighted by Crippen LogP contribution is -2.44. The SMILES string of the molecule is CN(C)CCC(CCCc1ccc(CCC(C)(C)C)c(Cl)c1)C1=CN(CCC(=O)O)C(=O)NC1. The molecule has 0 bridgehead atoms. The number of benzene rings is 1. The third-order valence-corrected chi connectivity index (χ3v) is 6.67. The molecule has 1 aliphatic heterocycles. The van der Waals surface area contributed by atoms with Crippen molar-refractivity contribution < 1.29 is 14.7 Å². The summed E-state index contributed by atoms with van der Waals surface area (Å²) in [7, 11) is 4.13. The van der Waals surface area contributed by atoms with Gasteiger partial charge < -0.3 is 20.2 Å². The highest BCUT2D eigenvalue weighted by molar-refractivity contribution is 6.31. The molecular weight excluding hydrogens is 450 g/mol. The summed E-state index contributed by atoms with van der Waals surface area (Å²) < 4.78 is 0. The Bertz CT molecular complexity index is 861. The minimum absolute atomic E-state index is 0.0634. The van der Waals surface area contributed by atoms with Gasteiger partial charge in [-0.2, -0.15) is 0 Å². The van der Waals surface area contributed by atoms with Crippen molar-refractivity contribution >= 4 is 23.6 Å². The first-order valence-corrected chi connectivity index (χ1v) is 12.7. The Morgan fingerprint density at radius 3 is 2.59 bits per heavy atom. The number of carboxylic acids is 1. The first-order valence-electron chi connectivity index (χ1n) is 12.3. The average Bonchev–Trinajstić information content (AvgIpc) is 2.74. The van der Waals surface area contributed by atoms with E-state index in [-0.39, 0.29) is 19.0 Å². The average molecular weight is 492 g/mol. The molecule has 0 aromatic heterocycles. The lowest BCUT2D eigenvalue weighted by molar-refractivity contribution is -0.137. The number of carbonyl (C=O) groups is 2. The molecule has 0 saturated heterocycles. The second-order valence-corrected chi connectivity index (χ2v) is 11.3. The van der Waals surface area contributed by atoms with Crippen molar-refractivity contribution in [2.24, 2.45) is 11.3 Å². The molecular formula is C27H42ClN3O3. The Morgan fingerprint density at radius 2 is 1.97 bits per heavy atom. The van der Waals surface area contributed by atoms with Crippen LogP contribution in [0.5, 0.6) is 0 Å². The fourth-order valence-corrected chi connectivity index (χ4v) is 4.45. The second-order valence-electron chi connectivity index (χ2n) is 10.9. The summed E-state index contributed by atoms with van der Waals surface area (Å²) >= 11 is 6.59. The van der Waals surface area contributed by atoms with Crippen LogP contribution in [-0.2, 0) is 17.6 Å². The zero-order valence-electron chi connectivity index (χ0n) is 21.5. The van der Waals surface area contributed by atoms with Gasteiger partial charge in [0.25, 0.3) is 0 Å². The summed E-state index contributed by atoms with van der Waals surface area (Å²) in [6.07, 6.45) is 7.90. The van der Waals surface area contributed by atoms with Gasteiger partial charge >= 0.3 is 12.0 Å². The number of halogens is 1. The van der Waals surface area contributed by atoms with Crippen molar-refractivity contribution in [1.29, 1.82) is 0 Å². The molecule has 0 radical (unpaired) electrons. The monoisotopic (exact) mass is 491 g/mol. The molecule has 0 aliphatic carbocycles. The third kappa shape index (κ3) is 10.1. The predicted octanol–water partition coefficient (Wildman–Crippen LogP) is 5.59. The molecule has 34 heavy (non-hydrogen) atoms. The number of urea groups is 1. The quantitative estimate of drug-likeness (QED) is 0.377. The highest BCUT2D eigenvalue weighted by atomic mass is 35.5. The fourth-order valence-electron chi connectivity index (χ4n) is 4.16. The van der Waals surface area contributed by atoms with Crippen molar-refractivity contribution in [3.8, 4) is 0 Å². The van der Waals surface area contributed by atoms with E-state index in [1.54, 1.807) is 0 Å². The van der Waals surface area contributed by atoms with Gasteiger partial charge in [0.1, 0.15) is 0 Å². The lowest BCUT2D eigenvalue weighted by Gasteiger charge is -2.30. The van der Waals surface area contributed by atoms with Crippen molar-refractivity contribution in [3.05, 3.63) is 46.1 Å². The van der Waals surface area contributed by atoms with Gasteiger partial charge in [-0.05, 0) is 93.3 Å². The number of hydrogen-bond donors (Lipinski definition) is 2. The summed E-state index contributed by atoms with van der Waals surface area (Å²) in [5, 5.41) is 12.8. The number of hydrogen-bond acceptors (Lipinski definition) is 3. The van der Waals surface area contributed by atoms with Crippen molar-refractivity contribution in [2.75, 3.05) is 33.7 Å². The highest BCUT2D eigenvalue weighted by Gasteiger charge is 2.23. The number of carbonyl (C=O) groups excluding carboxylic acids is 1. The minimum atomic E-state index is -0.902. The molecule has 0 fully saturated rings. The molecule has 1 heterocycles. The number of amides is 2. The van der Waals surface area contributed by atoms with Crippen molar-refractivity contribution in [2.45, 2.75) is 65.7 Å². The Kier molecular flexibility index (Phi) is 10.9. The Labute approximate surface area is 210 Å². The van der Waals surface area contributed by atoms with Gasteiger partial charge in [0.05, 0.1) is 6.42 Å². The van der Waals surface area contributed by atoms with E-state index in [4.69, 9.17) is 16.7 Å². The largest absolute Gasteiger partial charge is 0.481 e. The van der Waals surface area contributed by atoms with Gasteiger partial charge in [-0.3, -0.25) is 4.79 Å². The number of aliphatic carboxylic acids is 1. The van der Waals surface area contributed by atoms with E-state index in [2.05, 4.69) is 63.3 Å². The zero-order chi connectivity index (χ0) is 25.3. The fraction of sp³-hybridized carbons (Fsp3) is 0.630. The van der Waals surface area contributed by atoms with Crippen LogP contribution in [0.2, 0.25) is 5.02 Å². The smallest absolute Gasteiger partial charge is 0.321 e. The molecule has 1 unspecified atom stereocenters. The van der Waals surface area contributed by atoms with Gasteiger partial charge in [0.15, 0.2) is 0 Å². The molecule has 190 valence electrons. The summed E-state index contributed by atoms with van der Waals surface area (Å²) in [5.74, 6) is -0.572. The molecule has 7 heteroatoms. The normalized spacial score (nSPS) is 15.3. The van der Waals surface area contributed by atoms with E-state index in [0.717, 1.165) is 50.1 Å². The lowest BCUT2D eigenvalue weighted by atomic mass is 9.88. The van der Waals surface area contributed by atoms with Crippen LogP contribution in [0.25, 0.3) is 0 Å². The van der Waals surface area contributed by atoms with E-state index in [9.17, 15) is 9.59 Å². The predicted molar refractivity (Wildman–Crippen MR) is 139 cm³/mol. The second kappa shape index (κ2) is 13.1. The van der Waals surface area contributed by atoms with Crippen LogP contribution in [0.4, 0.5) is 4.79 Å². The maximum atomic E-state index is 12.2.